The molecule has 0 aliphatic rings. The van der Waals surface area contributed by atoms with Crippen LogP contribution < -0.4 is 15.4 Å². The van der Waals surface area contributed by atoms with Crippen LogP contribution in [-0.2, 0) is 0 Å². The van der Waals surface area contributed by atoms with Gasteiger partial charge in [0.15, 0.2) is 0 Å². The average Bonchev–Trinajstić information content (AvgIpc) is 3.55. The van der Waals surface area contributed by atoms with Crippen LogP contribution in [0.25, 0.3) is 33.1 Å². The van der Waals surface area contributed by atoms with Crippen molar-refractivity contribution in [1.82, 2.24) is 24.9 Å². The first-order chi connectivity index (χ1) is 18.1. The number of nitrogens with one attached hydrogen (secondary N) is 4. The number of pyridine rings is 1. The van der Waals surface area contributed by atoms with E-state index in [2.05, 4.69) is 35.6 Å². The summed E-state index contributed by atoms with van der Waals surface area (Å²) in [6, 6.07) is 24.1. The minimum Gasteiger partial charge on any atom is -0.391 e. The van der Waals surface area contributed by atoms with Gasteiger partial charge in [-0.05, 0) is 23.1 Å². The number of para-hydroxylation sites is 1. The van der Waals surface area contributed by atoms with Gasteiger partial charge in [-0.3, -0.25) is 15.4 Å². The van der Waals surface area contributed by atoms with Crippen LogP contribution in [0.2, 0.25) is 0 Å². The lowest BCUT2D eigenvalue weighted by molar-refractivity contribution is 0.102. The number of aromatic amines is 2. The van der Waals surface area contributed by atoms with Crippen molar-refractivity contribution in [2.24, 2.45) is 0 Å². The van der Waals surface area contributed by atoms with Crippen molar-refractivity contribution < 1.29 is 14.3 Å². The van der Waals surface area contributed by atoms with Crippen LogP contribution in [0.1, 0.15) is 10.4 Å². The third-order valence-corrected chi connectivity index (χ3v) is 5.67. The highest BCUT2D eigenvalue weighted by Gasteiger charge is 2.17. The maximum Gasteiger partial charge on any atom is 0.420 e. The lowest BCUT2D eigenvalue weighted by Gasteiger charge is -2.04. The van der Waals surface area contributed by atoms with E-state index in [9.17, 15) is 9.59 Å². The molecule has 3 heterocycles. The Hall–Kier alpha value is -5.51. The maximum absolute atomic E-state index is 13.0. The molecule has 10 heteroatoms. The Morgan fingerprint density at radius 1 is 0.757 bits per heavy atom. The van der Waals surface area contributed by atoms with Gasteiger partial charge in [0.25, 0.3) is 5.91 Å². The lowest BCUT2D eigenvalue weighted by Crippen LogP contribution is -2.18. The fraction of sp³-hybridized carbons (Fsp3) is 0. The molecule has 0 aliphatic carbocycles. The SMILES string of the molecule is O=C(Nc1nc2c(C(=O)Nc3ncc(-c4ccccc4)[nH]3)cccc2[nH]1)Oc1cc2ccccc2cn1. The van der Waals surface area contributed by atoms with Gasteiger partial charge >= 0.3 is 6.09 Å². The fourth-order valence-electron chi connectivity index (χ4n) is 3.93. The predicted molar refractivity (Wildman–Crippen MR) is 139 cm³/mol. The highest BCUT2D eigenvalue weighted by atomic mass is 16.6. The van der Waals surface area contributed by atoms with Gasteiger partial charge in [0, 0.05) is 17.6 Å². The van der Waals surface area contributed by atoms with Crippen LogP contribution in [0.3, 0.4) is 0 Å². The number of carbonyl (C=O) groups is 2. The number of anilines is 2. The molecular weight excluding hydrogens is 470 g/mol. The van der Waals surface area contributed by atoms with Gasteiger partial charge in [0.2, 0.25) is 17.8 Å². The van der Waals surface area contributed by atoms with Gasteiger partial charge in [-0.25, -0.2) is 19.7 Å². The van der Waals surface area contributed by atoms with E-state index in [1.807, 2.05) is 54.6 Å². The first kappa shape index (κ1) is 22.0. The Morgan fingerprint density at radius 2 is 1.57 bits per heavy atom. The number of rotatable bonds is 5. The van der Waals surface area contributed by atoms with Gasteiger partial charge in [0.05, 0.1) is 23.0 Å². The fourth-order valence-corrected chi connectivity index (χ4v) is 3.93. The Morgan fingerprint density at radius 3 is 2.43 bits per heavy atom. The number of benzene rings is 3. The van der Waals surface area contributed by atoms with Crippen molar-refractivity contribution in [3.05, 3.63) is 96.8 Å². The number of hydrogen-bond donors (Lipinski definition) is 4. The van der Waals surface area contributed by atoms with E-state index in [1.54, 1.807) is 36.7 Å². The third-order valence-electron chi connectivity index (χ3n) is 5.67. The molecule has 10 nitrogen and oxygen atoms in total. The number of carbonyl (C=O) groups excluding carboxylic acids is 2. The van der Waals surface area contributed by atoms with Gasteiger partial charge in [-0.2, -0.15) is 0 Å². The molecule has 0 bridgehead atoms. The molecule has 0 unspecified atom stereocenters. The summed E-state index contributed by atoms with van der Waals surface area (Å²) in [6.45, 7) is 0. The summed E-state index contributed by atoms with van der Waals surface area (Å²) in [7, 11) is 0. The first-order valence-corrected chi connectivity index (χ1v) is 11.4. The first-order valence-electron chi connectivity index (χ1n) is 11.4. The van der Waals surface area contributed by atoms with E-state index in [4.69, 9.17) is 4.74 Å². The highest BCUT2D eigenvalue weighted by molar-refractivity contribution is 6.11. The summed E-state index contributed by atoms with van der Waals surface area (Å²) >= 11 is 0. The van der Waals surface area contributed by atoms with Crippen molar-refractivity contribution in [3.63, 3.8) is 0 Å². The second-order valence-electron chi connectivity index (χ2n) is 8.14. The van der Waals surface area contributed by atoms with Gasteiger partial charge in [-0.1, -0.05) is 60.7 Å². The second-order valence-corrected chi connectivity index (χ2v) is 8.14. The molecule has 6 aromatic rings. The van der Waals surface area contributed by atoms with Gasteiger partial charge in [-0.15, -0.1) is 0 Å². The van der Waals surface area contributed by atoms with Gasteiger partial charge < -0.3 is 14.7 Å². The summed E-state index contributed by atoms with van der Waals surface area (Å²) in [6.07, 6.45) is 2.51. The zero-order valence-electron chi connectivity index (χ0n) is 19.2. The van der Waals surface area contributed by atoms with E-state index >= 15 is 0 Å². The molecule has 2 amide bonds. The second kappa shape index (κ2) is 9.27. The Labute approximate surface area is 209 Å². The normalized spacial score (nSPS) is 10.9. The zero-order valence-corrected chi connectivity index (χ0v) is 19.2. The van der Waals surface area contributed by atoms with E-state index in [0.717, 1.165) is 22.0 Å². The quantitative estimate of drug-likeness (QED) is 0.257. The lowest BCUT2D eigenvalue weighted by atomic mass is 10.2. The number of aromatic nitrogens is 5. The van der Waals surface area contributed by atoms with Crippen molar-refractivity contribution >= 4 is 45.7 Å². The highest BCUT2D eigenvalue weighted by Crippen LogP contribution is 2.22. The number of fused-ring (bicyclic) bond motifs is 2. The van der Waals surface area contributed by atoms with E-state index in [-0.39, 0.29) is 11.8 Å². The van der Waals surface area contributed by atoms with E-state index in [0.29, 0.717) is 22.5 Å². The average molecular weight is 489 g/mol. The Bertz CT molecular complexity index is 1760. The molecule has 0 saturated heterocycles. The predicted octanol–water partition coefficient (Wildman–Crippen LogP) is 5.36. The molecule has 0 fully saturated rings. The standard InChI is InChI=1S/C27H19N7O3/c35-24(33-25-29-15-21(31-25)16-7-2-1-3-8-16)19-11-6-12-20-23(19)32-26(30-20)34-27(36)37-22-13-17-9-4-5-10-18(17)14-28-22/h1-15H,(H2,29,31,33,35)(H2,30,32,34,36). The number of hydrogen-bond acceptors (Lipinski definition) is 6. The Kier molecular flexibility index (Phi) is 5.51. The molecule has 6 rings (SSSR count). The molecule has 0 radical (unpaired) electrons. The number of H-pyrrole nitrogens is 2. The van der Waals surface area contributed by atoms with Crippen molar-refractivity contribution in [2.45, 2.75) is 0 Å². The molecule has 4 N–H and O–H groups in total. The summed E-state index contributed by atoms with van der Waals surface area (Å²) in [5.41, 5.74) is 2.99. The van der Waals surface area contributed by atoms with Crippen LogP contribution in [0.5, 0.6) is 5.88 Å². The van der Waals surface area contributed by atoms with Crippen LogP contribution in [-0.4, -0.2) is 36.9 Å². The smallest absolute Gasteiger partial charge is 0.391 e. The largest absolute Gasteiger partial charge is 0.420 e. The van der Waals surface area contributed by atoms with Crippen molar-refractivity contribution in [2.75, 3.05) is 10.6 Å². The van der Waals surface area contributed by atoms with Crippen LogP contribution in [0.15, 0.2) is 91.3 Å². The molecule has 37 heavy (non-hydrogen) atoms. The third kappa shape index (κ3) is 4.58. The summed E-state index contributed by atoms with van der Waals surface area (Å²) in [4.78, 5) is 44.3. The summed E-state index contributed by atoms with van der Waals surface area (Å²) < 4.78 is 5.31. The molecule has 3 aromatic carbocycles. The van der Waals surface area contributed by atoms with Gasteiger partial charge in [0.1, 0.15) is 5.52 Å². The zero-order chi connectivity index (χ0) is 25.2. The molecule has 3 aromatic heterocycles. The maximum atomic E-state index is 13.0. The monoisotopic (exact) mass is 489 g/mol. The number of ether oxygens (including phenoxy) is 1. The minimum absolute atomic E-state index is 0.130. The molecule has 0 saturated carbocycles. The number of amides is 2. The minimum atomic E-state index is -0.767. The van der Waals surface area contributed by atoms with Crippen LogP contribution >= 0.6 is 0 Å². The number of nitrogens with zero attached hydrogens (tertiary/aromatic N) is 3. The van der Waals surface area contributed by atoms with Crippen molar-refractivity contribution in [3.8, 4) is 17.1 Å². The summed E-state index contributed by atoms with van der Waals surface area (Å²) in [5, 5.41) is 7.14. The molecule has 180 valence electrons. The Balaban J connectivity index is 1.17. The van der Waals surface area contributed by atoms with Crippen LogP contribution in [0.4, 0.5) is 16.7 Å². The molecular formula is C27H19N7O3. The summed E-state index contributed by atoms with van der Waals surface area (Å²) in [5.74, 6) is 0.188. The van der Waals surface area contributed by atoms with E-state index in [1.165, 1.54) is 0 Å². The van der Waals surface area contributed by atoms with Crippen molar-refractivity contribution in [1.29, 1.82) is 0 Å². The molecule has 0 spiro atoms. The van der Waals surface area contributed by atoms with E-state index < -0.39 is 12.0 Å². The van der Waals surface area contributed by atoms with Crippen LogP contribution in [0, 0.1) is 0 Å². The topological polar surface area (TPSA) is 138 Å². The molecule has 0 atom stereocenters. The number of imidazole rings is 2. The molecule has 0 aliphatic heterocycles.